The highest BCUT2D eigenvalue weighted by atomic mass is 32.2. The molecule has 1 atom stereocenters. The van der Waals surface area contributed by atoms with Crippen LogP contribution >= 0.6 is 0 Å². The first-order valence-electron chi connectivity index (χ1n) is 11.5. The number of hydrogen-bond donors (Lipinski definition) is 1. The van der Waals surface area contributed by atoms with Crippen molar-refractivity contribution >= 4 is 21.6 Å². The highest BCUT2D eigenvalue weighted by Gasteiger charge is 2.35. The smallest absolute Gasteiger partial charge is 0.246 e. The fourth-order valence-corrected chi connectivity index (χ4v) is 5.92. The summed E-state index contributed by atoms with van der Waals surface area (Å²) >= 11 is 0. The van der Waals surface area contributed by atoms with Crippen molar-refractivity contribution in [2.45, 2.75) is 24.8 Å². The summed E-state index contributed by atoms with van der Waals surface area (Å²) in [6, 6.07) is 23.1. The van der Waals surface area contributed by atoms with Gasteiger partial charge in [-0.2, -0.15) is 9.57 Å². The molecule has 1 saturated heterocycles. The molecule has 0 aliphatic carbocycles. The maximum atomic E-state index is 13.5. The molecule has 0 radical (unpaired) electrons. The van der Waals surface area contributed by atoms with Gasteiger partial charge in [-0.05, 0) is 48.7 Å². The molecule has 0 saturated carbocycles. The number of benzene rings is 3. The number of nitriles is 1. The van der Waals surface area contributed by atoms with Crippen LogP contribution in [0.3, 0.4) is 0 Å². The Morgan fingerprint density at radius 3 is 2.29 bits per heavy atom. The summed E-state index contributed by atoms with van der Waals surface area (Å²) in [7, 11) is -3.81. The zero-order chi connectivity index (χ0) is 25.0. The van der Waals surface area contributed by atoms with Crippen molar-refractivity contribution in [1.29, 1.82) is 5.26 Å². The first-order chi connectivity index (χ1) is 16.8. The zero-order valence-electron chi connectivity index (χ0n) is 19.8. The maximum Gasteiger partial charge on any atom is 0.246 e. The Kier molecular flexibility index (Phi) is 7.31. The van der Waals surface area contributed by atoms with Crippen LogP contribution in [0.2, 0.25) is 0 Å². The van der Waals surface area contributed by atoms with E-state index in [1.54, 1.807) is 12.1 Å². The molecule has 7 nitrogen and oxygen atoms in total. The lowest BCUT2D eigenvalue weighted by molar-refractivity contribution is -0.122. The standard InChI is InChI=1S/C27H28N4O3S/c1-20-12-13-21(2)24(18-20)29-27(32)26(22-8-4-3-5-9-22)30-14-16-31(17-15-30)35(33,34)25-11-7-6-10-23(25)19-28/h3-13,18,26H,14-17H2,1-2H3,(H,29,32)/t26-/m1/s1. The minimum absolute atomic E-state index is 0.0169. The highest BCUT2D eigenvalue weighted by molar-refractivity contribution is 7.89. The minimum Gasteiger partial charge on any atom is -0.324 e. The number of amides is 1. The van der Waals surface area contributed by atoms with Crippen molar-refractivity contribution in [2.75, 3.05) is 31.5 Å². The van der Waals surface area contributed by atoms with E-state index in [9.17, 15) is 18.5 Å². The van der Waals surface area contributed by atoms with E-state index in [1.807, 2.05) is 73.3 Å². The predicted molar refractivity (Wildman–Crippen MR) is 135 cm³/mol. The van der Waals surface area contributed by atoms with Gasteiger partial charge in [0.2, 0.25) is 15.9 Å². The van der Waals surface area contributed by atoms with Crippen LogP contribution in [0.4, 0.5) is 5.69 Å². The Morgan fingerprint density at radius 1 is 0.943 bits per heavy atom. The van der Waals surface area contributed by atoms with Gasteiger partial charge in [-0.25, -0.2) is 8.42 Å². The van der Waals surface area contributed by atoms with Crippen molar-refractivity contribution in [3.05, 3.63) is 95.1 Å². The zero-order valence-corrected chi connectivity index (χ0v) is 20.6. The third-order valence-corrected chi connectivity index (χ3v) is 8.24. The van der Waals surface area contributed by atoms with Gasteiger partial charge in [0.25, 0.3) is 0 Å². The largest absolute Gasteiger partial charge is 0.324 e. The number of piperazine rings is 1. The second kappa shape index (κ2) is 10.4. The first-order valence-corrected chi connectivity index (χ1v) is 12.9. The van der Waals surface area contributed by atoms with Crippen LogP contribution in [-0.2, 0) is 14.8 Å². The number of nitrogens with zero attached hydrogens (tertiary/aromatic N) is 3. The molecule has 0 spiro atoms. The van der Waals surface area contributed by atoms with Crippen LogP contribution in [0.1, 0.15) is 28.3 Å². The van der Waals surface area contributed by atoms with Gasteiger partial charge >= 0.3 is 0 Å². The van der Waals surface area contributed by atoms with E-state index in [-0.39, 0.29) is 29.5 Å². The van der Waals surface area contributed by atoms with Crippen LogP contribution in [-0.4, -0.2) is 49.7 Å². The minimum atomic E-state index is -3.81. The van der Waals surface area contributed by atoms with Gasteiger partial charge in [-0.1, -0.05) is 54.6 Å². The van der Waals surface area contributed by atoms with Gasteiger partial charge in [0.05, 0.1) is 10.5 Å². The maximum absolute atomic E-state index is 13.5. The van der Waals surface area contributed by atoms with Crippen molar-refractivity contribution in [3.63, 3.8) is 0 Å². The summed E-state index contributed by atoms with van der Waals surface area (Å²) < 4.78 is 27.9. The van der Waals surface area contributed by atoms with E-state index in [4.69, 9.17) is 0 Å². The Hall–Kier alpha value is -3.51. The summed E-state index contributed by atoms with van der Waals surface area (Å²) in [6.07, 6.45) is 0. The van der Waals surface area contributed by atoms with Gasteiger partial charge in [-0.15, -0.1) is 0 Å². The lowest BCUT2D eigenvalue weighted by atomic mass is 10.0. The molecule has 4 rings (SSSR count). The second-order valence-corrected chi connectivity index (χ2v) is 10.6. The van der Waals surface area contributed by atoms with Gasteiger partial charge in [0.1, 0.15) is 12.1 Å². The van der Waals surface area contributed by atoms with Crippen molar-refractivity contribution in [2.24, 2.45) is 0 Å². The van der Waals surface area contributed by atoms with Crippen LogP contribution in [0.15, 0.2) is 77.7 Å². The summed E-state index contributed by atoms with van der Waals surface area (Å²) in [5.41, 5.74) is 3.78. The molecular formula is C27H28N4O3S. The molecule has 1 amide bonds. The molecular weight excluding hydrogens is 460 g/mol. The Morgan fingerprint density at radius 2 is 1.60 bits per heavy atom. The first kappa shape index (κ1) is 24.6. The van der Waals surface area contributed by atoms with E-state index in [2.05, 4.69) is 5.32 Å². The SMILES string of the molecule is Cc1ccc(C)c(NC(=O)[C@@H](c2ccccc2)N2CCN(S(=O)(=O)c3ccccc3C#N)CC2)c1. The van der Waals surface area contributed by atoms with Gasteiger partial charge in [0.15, 0.2) is 0 Å². The molecule has 35 heavy (non-hydrogen) atoms. The second-order valence-electron chi connectivity index (χ2n) is 8.67. The quantitative estimate of drug-likeness (QED) is 0.569. The molecule has 0 aromatic heterocycles. The molecule has 1 N–H and O–H groups in total. The summed E-state index contributed by atoms with van der Waals surface area (Å²) in [5.74, 6) is -0.156. The molecule has 1 fully saturated rings. The van der Waals surface area contributed by atoms with Crippen molar-refractivity contribution in [1.82, 2.24) is 9.21 Å². The summed E-state index contributed by atoms with van der Waals surface area (Å²) in [5, 5.41) is 12.4. The number of carbonyl (C=O) groups is 1. The number of hydrogen-bond acceptors (Lipinski definition) is 5. The average molecular weight is 489 g/mol. The molecule has 3 aromatic rings. The highest BCUT2D eigenvalue weighted by Crippen LogP contribution is 2.28. The fourth-order valence-electron chi connectivity index (χ4n) is 4.36. The normalized spacial score (nSPS) is 15.8. The van der Waals surface area contributed by atoms with E-state index >= 15 is 0 Å². The predicted octanol–water partition coefficient (Wildman–Crippen LogP) is 3.86. The molecule has 180 valence electrons. The molecule has 1 heterocycles. The lowest BCUT2D eigenvalue weighted by Crippen LogP contribution is -2.51. The number of sulfonamides is 1. The fraction of sp³-hybridized carbons (Fsp3) is 0.259. The van der Waals surface area contributed by atoms with Crippen LogP contribution in [0.25, 0.3) is 0 Å². The van der Waals surface area contributed by atoms with Crippen LogP contribution in [0.5, 0.6) is 0 Å². The van der Waals surface area contributed by atoms with E-state index in [0.29, 0.717) is 13.1 Å². The van der Waals surface area contributed by atoms with Gasteiger partial charge in [-0.3, -0.25) is 9.69 Å². The van der Waals surface area contributed by atoms with Crippen LogP contribution < -0.4 is 5.32 Å². The average Bonchev–Trinajstić information content (AvgIpc) is 2.87. The number of carbonyl (C=O) groups excluding carboxylic acids is 1. The third kappa shape index (κ3) is 5.28. The number of rotatable bonds is 6. The molecule has 1 aliphatic heterocycles. The van der Waals surface area contributed by atoms with Gasteiger partial charge < -0.3 is 5.32 Å². The van der Waals surface area contributed by atoms with E-state index in [1.165, 1.54) is 16.4 Å². The van der Waals surface area contributed by atoms with E-state index < -0.39 is 16.1 Å². The Balaban J connectivity index is 1.56. The molecule has 0 bridgehead atoms. The van der Waals surface area contributed by atoms with E-state index in [0.717, 1.165) is 22.4 Å². The number of nitrogens with one attached hydrogen (secondary N) is 1. The summed E-state index contributed by atoms with van der Waals surface area (Å²) in [6.45, 7) is 5.15. The molecule has 3 aromatic carbocycles. The summed E-state index contributed by atoms with van der Waals surface area (Å²) in [4.78, 5) is 15.6. The van der Waals surface area contributed by atoms with Crippen LogP contribution in [0, 0.1) is 25.2 Å². The van der Waals surface area contributed by atoms with Crippen molar-refractivity contribution in [3.8, 4) is 6.07 Å². The third-order valence-electron chi connectivity index (χ3n) is 6.28. The lowest BCUT2D eigenvalue weighted by Gasteiger charge is -2.38. The Bertz CT molecular complexity index is 1360. The van der Waals surface area contributed by atoms with Gasteiger partial charge in [0, 0.05) is 31.9 Å². The molecule has 0 unspecified atom stereocenters. The Labute approximate surface area is 206 Å². The molecule has 8 heteroatoms. The topological polar surface area (TPSA) is 93.5 Å². The number of aryl methyl sites for hydroxylation is 2. The number of anilines is 1. The van der Waals surface area contributed by atoms with Crippen molar-refractivity contribution < 1.29 is 13.2 Å². The molecule has 1 aliphatic rings. The monoisotopic (exact) mass is 488 g/mol.